The molecule has 1 heterocycles. The van der Waals surface area contributed by atoms with Gasteiger partial charge in [0.15, 0.2) is 0 Å². The highest BCUT2D eigenvalue weighted by atomic mass is 28.4. The lowest BCUT2D eigenvalue weighted by molar-refractivity contribution is 0.150. The molecule has 0 aromatic heterocycles. The van der Waals surface area contributed by atoms with Gasteiger partial charge in [0.25, 0.3) is 0 Å². The summed E-state index contributed by atoms with van der Waals surface area (Å²) in [5, 5.41) is 0. The van der Waals surface area contributed by atoms with E-state index in [0.29, 0.717) is 5.54 Å². The first-order valence-electron chi connectivity index (χ1n) is 6.97. The standard InChI is InChI=1S/C13H27NO2Si/c1-13(2,3)14-10-11-16-17(14,15-4)12-8-6-5-7-9-12/h12H,5-11H2,1-4H3. The summed E-state index contributed by atoms with van der Waals surface area (Å²) in [5.41, 5.74) is 0.832. The molecule has 1 aliphatic carbocycles. The molecule has 3 nitrogen and oxygen atoms in total. The Morgan fingerprint density at radius 3 is 2.35 bits per heavy atom. The van der Waals surface area contributed by atoms with E-state index >= 15 is 0 Å². The Morgan fingerprint density at radius 1 is 1.18 bits per heavy atom. The molecule has 1 saturated carbocycles. The molecule has 4 heteroatoms. The fourth-order valence-electron chi connectivity index (χ4n) is 3.46. The fraction of sp³-hybridized carbons (Fsp3) is 1.00. The quantitative estimate of drug-likeness (QED) is 0.710. The van der Waals surface area contributed by atoms with Gasteiger partial charge in [0, 0.05) is 31.3 Å². The minimum absolute atomic E-state index is 0.163. The number of hydrogen-bond acceptors (Lipinski definition) is 3. The van der Waals surface area contributed by atoms with Crippen LogP contribution in [0.15, 0.2) is 0 Å². The summed E-state index contributed by atoms with van der Waals surface area (Å²) in [6.07, 6.45) is 6.69. The Kier molecular flexibility index (Phi) is 3.98. The van der Waals surface area contributed by atoms with E-state index in [-0.39, 0.29) is 5.54 Å². The highest BCUT2D eigenvalue weighted by Crippen LogP contribution is 2.43. The molecule has 1 unspecified atom stereocenters. The van der Waals surface area contributed by atoms with Crippen molar-refractivity contribution in [2.24, 2.45) is 0 Å². The molecule has 2 fully saturated rings. The zero-order chi connectivity index (χ0) is 12.5. The van der Waals surface area contributed by atoms with E-state index in [0.717, 1.165) is 13.2 Å². The van der Waals surface area contributed by atoms with E-state index in [2.05, 4.69) is 25.3 Å². The summed E-state index contributed by atoms with van der Waals surface area (Å²) in [4.78, 5) is 0. The van der Waals surface area contributed by atoms with Gasteiger partial charge in [0.1, 0.15) is 0 Å². The van der Waals surface area contributed by atoms with E-state index in [9.17, 15) is 0 Å². The van der Waals surface area contributed by atoms with E-state index in [1.54, 1.807) is 0 Å². The highest BCUT2D eigenvalue weighted by molar-refractivity contribution is 6.66. The van der Waals surface area contributed by atoms with Gasteiger partial charge in [0.2, 0.25) is 0 Å². The van der Waals surface area contributed by atoms with Gasteiger partial charge < -0.3 is 8.85 Å². The number of rotatable bonds is 2. The van der Waals surface area contributed by atoms with Crippen LogP contribution in [0.2, 0.25) is 5.54 Å². The number of hydrogen-bond donors (Lipinski definition) is 0. The fourth-order valence-corrected chi connectivity index (χ4v) is 7.82. The van der Waals surface area contributed by atoms with Crippen LogP contribution in [0.1, 0.15) is 52.9 Å². The molecule has 1 saturated heterocycles. The van der Waals surface area contributed by atoms with E-state index < -0.39 is 8.72 Å². The van der Waals surface area contributed by atoms with Crippen LogP contribution in [-0.2, 0) is 8.85 Å². The average Bonchev–Trinajstić information content (AvgIpc) is 2.75. The normalized spacial score (nSPS) is 33.2. The van der Waals surface area contributed by atoms with Crippen LogP contribution in [0.5, 0.6) is 0 Å². The summed E-state index contributed by atoms with van der Waals surface area (Å²) >= 11 is 0. The molecule has 0 radical (unpaired) electrons. The molecular weight excluding hydrogens is 230 g/mol. The first-order valence-corrected chi connectivity index (χ1v) is 8.81. The molecule has 0 aromatic carbocycles. The zero-order valence-corrected chi connectivity index (χ0v) is 12.8. The Labute approximate surface area is 107 Å². The second-order valence-electron chi connectivity index (χ2n) is 6.34. The van der Waals surface area contributed by atoms with E-state index in [1.807, 2.05) is 7.11 Å². The van der Waals surface area contributed by atoms with Crippen LogP contribution in [0.4, 0.5) is 0 Å². The van der Waals surface area contributed by atoms with Crippen molar-refractivity contribution in [2.45, 2.75) is 64.0 Å². The van der Waals surface area contributed by atoms with Gasteiger partial charge in [-0.15, -0.1) is 0 Å². The van der Waals surface area contributed by atoms with Gasteiger partial charge in [-0.3, -0.25) is 4.57 Å². The first-order chi connectivity index (χ1) is 8.00. The van der Waals surface area contributed by atoms with Crippen molar-refractivity contribution in [1.29, 1.82) is 0 Å². The maximum absolute atomic E-state index is 6.21. The third-order valence-electron chi connectivity index (χ3n) is 4.22. The number of nitrogens with zero attached hydrogens (tertiary/aromatic N) is 1. The largest absolute Gasteiger partial charge is 0.431 e. The minimum atomic E-state index is -2.14. The Morgan fingerprint density at radius 2 is 1.82 bits per heavy atom. The van der Waals surface area contributed by atoms with Crippen molar-refractivity contribution in [3.8, 4) is 0 Å². The SMILES string of the molecule is CO[Si]1(C2CCCCC2)OCCN1C(C)(C)C. The van der Waals surface area contributed by atoms with Crippen molar-refractivity contribution in [1.82, 2.24) is 4.57 Å². The van der Waals surface area contributed by atoms with Gasteiger partial charge in [-0.25, -0.2) is 0 Å². The van der Waals surface area contributed by atoms with Crippen molar-refractivity contribution >= 4 is 8.72 Å². The lowest BCUT2D eigenvalue weighted by Crippen LogP contribution is -2.62. The average molecular weight is 257 g/mol. The summed E-state index contributed by atoms with van der Waals surface area (Å²) in [7, 11) is -0.271. The lowest BCUT2D eigenvalue weighted by Gasteiger charge is -2.45. The molecule has 17 heavy (non-hydrogen) atoms. The molecule has 100 valence electrons. The molecule has 0 bridgehead atoms. The zero-order valence-electron chi connectivity index (χ0n) is 11.8. The molecule has 0 amide bonds. The maximum atomic E-state index is 6.21. The molecule has 0 aromatic rings. The van der Waals surface area contributed by atoms with E-state index in [4.69, 9.17) is 8.85 Å². The molecular formula is C13H27NO2Si. The Hall–Kier alpha value is 0.0969. The van der Waals surface area contributed by atoms with Crippen LogP contribution in [0.3, 0.4) is 0 Å². The van der Waals surface area contributed by atoms with Gasteiger partial charge in [-0.2, -0.15) is 0 Å². The summed E-state index contributed by atoms with van der Waals surface area (Å²) in [6.45, 7) is 8.75. The Bertz CT molecular complexity index is 261. The highest BCUT2D eigenvalue weighted by Gasteiger charge is 2.57. The van der Waals surface area contributed by atoms with Crippen molar-refractivity contribution in [3.63, 3.8) is 0 Å². The third kappa shape index (κ3) is 2.45. The van der Waals surface area contributed by atoms with Crippen molar-refractivity contribution in [2.75, 3.05) is 20.3 Å². The molecule has 0 N–H and O–H groups in total. The molecule has 0 spiro atoms. The van der Waals surface area contributed by atoms with Crippen LogP contribution < -0.4 is 0 Å². The van der Waals surface area contributed by atoms with Crippen LogP contribution in [0.25, 0.3) is 0 Å². The topological polar surface area (TPSA) is 21.7 Å². The molecule has 1 atom stereocenters. The first kappa shape index (κ1) is 13.5. The summed E-state index contributed by atoms with van der Waals surface area (Å²) in [5.74, 6) is 0. The van der Waals surface area contributed by atoms with E-state index in [1.165, 1.54) is 32.1 Å². The second kappa shape index (κ2) is 5.00. The minimum Gasteiger partial charge on any atom is -0.386 e. The predicted octanol–water partition coefficient (Wildman–Crippen LogP) is 3.04. The lowest BCUT2D eigenvalue weighted by atomic mass is 10.0. The summed E-state index contributed by atoms with van der Waals surface area (Å²) < 4.78 is 14.8. The smallest absolute Gasteiger partial charge is 0.386 e. The van der Waals surface area contributed by atoms with Crippen molar-refractivity contribution in [3.05, 3.63) is 0 Å². The second-order valence-corrected chi connectivity index (χ2v) is 9.66. The van der Waals surface area contributed by atoms with Crippen LogP contribution in [-0.4, -0.2) is 39.1 Å². The van der Waals surface area contributed by atoms with Crippen molar-refractivity contribution < 1.29 is 8.85 Å². The summed E-state index contributed by atoms with van der Waals surface area (Å²) in [6, 6.07) is 0. The maximum Gasteiger partial charge on any atom is 0.431 e. The van der Waals surface area contributed by atoms with Gasteiger partial charge in [0.05, 0.1) is 0 Å². The van der Waals surface area contributed by atoms with Gasteiger partial charge >= 0.3 is 8.72 Å². The van der Waals surface area contributed by atoms with Crippen LogP contribution >= 0.6 is 0 Å². The molecule has 2 aliphatic rings. The monoisotopic (exact) mass is 257 g/mol. The molecule has 2 rings (SSSR count). The van der Waals surface area contributed by atoms with Crippen LogP contribution in [0, 0.1) is 0 Å². The van der Waals surface area contributed by atoms with Gasteiger partial charge in [-0.05, 0) is 33.6 Å². The third-order valence-corrected chi connectivity index (χ3v) is 8.68. The molecule has 1 aliphatic heterocycles. The predicted molar refractivity (Wildman–Crippen MR) is 72.0 cm³/mol. The van der Waals surface area contributed by atoms with Gasteiger partial charge in [-0.1, -0.05) is 19.3 Å². The Balaban J connectivity index is 2.22.